The molecule has 0 aromatic heterocycles. The molecule has 0 radical (unpaired) electrons. The Hall–Kier alpha value is -2.06. The monoisotopic (exact) mass is 380 g/mol. The number of esters is 1. The van der Waals surface area contributed by atoms with Crippen LogP contribution in [0, 0.1) is 0 Å². The Bertz CT molecular complexity index is 649. The van der Waals surface area contributed by atoms with Gasteiger partial charge in [-0.1, -0.05) is 6.92 Å². The third-order valence-corrected chi connectivity index (χ3v) is 5.06. The van der Waals surface area contributed by atoms with Crippen molar-refractivity contribution in [3.05, 3.63) is 24.3 Å². The summed E-state index contributed by atoms with van der Waals surface area (Å²) >= 11 is 1.21. The topological polar surface area (TPSA) is 98.9 Å². The highest BCUT2D eigenvalue weighted by atomic mass is 32.2. The molecule has 1 aromatic rings. The lowest BCUT2D eigenvalue weighted by Gasteiger charge is -2.16. The van der Waals surface area contributed by atoms with Gasteiger partial charge in [-0.15, -0.1) is 11.8 Å². The van der Waals surface area contributed by atoms with Crippen LogP contribution in [-0.2, 0) is 19.1 Å². The van der Waals surface area contributed by atoms with Crippen molar-refractivity contribution < 1.29 is 23.9 Å². The number of benzene rings is 1. The van der Waals surface area contributed by atoms with Gasteiger partial charge in [0.05, 0.1) is 24.2 Å². The average molecular weight is 380 g/mol. The summed E-state index contributed by atoms with van der Waals surface area (Å²) < 4.78 is 10.3. The molecule has 0 bridgehead atoms. The number of nitrogens with two attached hydrogens (primary N) is 1. The van der Waals surface area contributed by atoms with E-state index in [4.69, 9.17) is 15.2 Å². The van der Waals surface area contributed by atoms with Crippen LogP contribution in [0.3, 0.4) is 0 Å². The van der Waals surface area contributed by atoms with Gasteiger partial charge in [0.15, 0.2) is 0 Å². The average Bonchev–Trinajstić information content (AvgIpc) is 2.92. The Morgan fingerprint density at radius 1 is 1.31 bits per heavy atom. The second-order valence-electron chi connectivity index (χ2n) is 5.79. The lowest BCUT2D eigenvalue weighted by atomic mass is 10.3. The van der Waals surface area contributed by atoms with E-state index in [1.165, 1.54) is 16.7 Å². The number of nitrogens with zero attached hydrogens (tertiary/aromatic N) is 1. The van der Waals surface area contributed by atoms with Crippen LogP contribution in [0.25, 0.3) is 0 Å². The molecular weight excluding hydrogens is 356 g/mol. The second kappa shape index (κ2) is 9.59. The van der Waals surface area contributed by atoms with Gasteiger partial charge in [0.2, 0.25) is 11.8 Å². The molecule has 1 heterocycles. The van der Waals surface area contributed by atoms with E-state index in [-0.39, 0.29) is 30.6 Å². The Labute approximate surface area is 157 Å². The highest BCUT2D eigenvalue weighted by Crippen LogP contribution is 2.30. The zero-order valence-corrected chi connectivity index (χ0v) is 15.8. The Balaban J connectivity index is 1.96. The molecule has 0 unspecified atom stereocenters. The van der Waals surface area contributed by atoms with Crippen LogP contribution < -0.4 is 15.4 Å². The minimum absolute atomic E-state index is 0.0904. The molecule has 2 N–H and O–H groups in total. The molecule has 2 amide bonds. The number of imide groups is 1. The molecule has 0 saturated carbocycles. The third-order valence-electron chi connectivity index (χ3n) is 3.74. The molecule has 0 aliphatic carbocycles. The number of rotatable bonds is 9. The van der Waals surface area contributed by atoms with Crippen molar-refractivity contribution in [3.8, 4) is 5.75 Å². The lowest BCUT2D eigenvalue weighted by Crippen LogP contribution is -2.36. The first-order valence-corrected chi connectivity index (χ1v) is 9.66. The molecule has 1 fully saturated rings. The molecule has 1 saturated heterocycles. The van der Waals surface area contributed by atoms with Crippen molar-refractivity contribution in [2.24, 2.45) is 5.73 Å². The van der Waals surface area contributed by atoms with Gasteiger partial charge in [-0.2, -0.15) is 0 Å². The van der Waals surface area contributed by atoms with Gasteiger partial charge in [-0.05, 0) is 37.6 Å². The van der Waals surface area contributed by atoms with E-state index in [1.54, 1.807) is 31.2 Å². The number of amides is 2. The molecular formula is C18H24N2O5S. The van der Waals surface area contributed by atoms with Crippen molar-refractivity contribution in [1.29, 1.82) is 0 Å². The number of carbonyl (C=O) groups excluding carboxylic acids is 3. The zero-order chi connectivity index (χ0) is 19.1. The second-order valence-corrected chi connectivity index (χ2v) is 7.03. The van der Waals surface area contributed by atoms with E-state index in [0.29, 0.717) is 18.0 Å². The number of hydrogen-bond acceptors (Lipinski definition) is 7. The molecule has 1 aromatic carbocycles. The molecule has 7 nitrogen and oxygen atoms in total. The van der Waals surface area contributed by atoms with Crippen molar-refractivity contribution in [2.75, 3.05) is 23.9 Å². The van der Waals surface area contributed by atoms with Crippen LogP contribution >= 0.6 is 11.8 Å². The van der Waals surface area contributed by atoms with Gasteiger partial charge in [0.1, 0.15) is 11.8 Å². The predicted molar refractivity (Wildman–Crippen MR) is 100 cm³/mol. The molecule has 1 aliphatic rings. The maximum Gasteiger partial charge on any atom is 0.323 e. The van der Waals surface area contributed by atoms with Crippen LogP contribution in [0.5, 0.6) is 5.75 Å². The van der Waals surface area contributed by atoms with Crippen LogP contribution in [-0.4, -0.2) is 48.0 Å². The van der Waals surface area contributed by atoms with Crippen LogP contribution in [0.2, 0.25) is 0 Å². The van der Waals surface area contributed by atoms with E-state index in [0.717, 1.165) is 6.42 Å². The molecule has 26 heavy (non-hydrogen) atoms. The van der Waals surface area contributed by atoms with Crippen molar-refractivity contribution in [3.63, 3.8) is 0 Å². The van der Waals surface area contributed by atoms with Crippen LogP contribution in [0.4, 0.5) is 5.69 Å². The normalized spacial score (nSPS) is 18.1. The summed E-state index contributed by atoms with van der Waals surface area (Å²) in [7, 11) is 0. The maximum absolute atomic E-state index is 12.6. The van der Waals surface area contributed by atoms with E-state index >= 15 is 0 Å². The van der Waals surface area contributed by atoms with Crippen molar-refractivity contribution >= 4 is 35.2 Å². The number of carbonyl (C=O) groups is 3. The largest absolute Gasteiger partial charge is 0.494 e. The third kappa shape index (κ3) is 4.98. The van der Waals surface area contributed by atoms with Gasteiger partial charge < -0.3 is 15.2 Å². The molecule has 1 aliphatic heterocycles. The number of hydrogen-bond donors (Lipinski definition) is 1. The number of thioether (sulfide) groups is 1. The summed E-state index contributed by atoms with van der Waals surface area (Å²) in [5.41, 5.74) is 6.26. The number of ether oxygens (including phenoxy) is 2. The van der Waals surface area contributed by atoms with Gasteiger partial charge in [-0.3, -0.25) is 14.4 Å². The fraction of sp³-hybridized carbons (Fsp3) is 0.500. The van der Waals surface area contributed by atoms with E-state index in [9.17, 15) is 14.4 Å². The minimum atomic E-state index is -0.813. The first kappa shape index (κ1) is 20.3. The lowest BCUT2D eigenvalue weighted by molar-refractivity contribution is -0.144. The summed E-state index contributed by atoms with van der Waals surface area (Å²) in [6.07, 6.45) is 0.991. The zero-order valence-electron chi connectivity index (χ0n) is 15.0. The summed E-state index contributed by atoms with van der Waals surface area (Å²) in [6, 6.07) is 6.05. The summed E-state index contributed by atoms with van der Waals surface area (Å²) in [6.45, 7) is 4.58. The van der Waals surface area contributed by atoms with Gasteiger partial charge in [-0.25, -0.2) is 4.90 Å². The van der Waals surface area contributed by atoms with Gasteiger partial charge >= 0.3 is 5.97 Å². The SMILES string of the molecule is CCCOc1ccc(N2C(=O)C[C@@H](SC[C@@H](N)C(=O)OCC)C2=O)cc1. The van der Waals surface area contributed by atoms with Crippen LogP contribution in [0.15, 0.2) is 24.3 Å². The molecule has 2 atom stereocenters. The van der Waals surface area contributed by atoms with Gasteiger partial charge in [0.25, 0.3) is 0 Å². The van der Waals surface area contributed by atoms with Gasteiger partial charge in [0, 0.05) is 12.2 Å². The summed E-state index contributed by atoms with van der Waals surface area (Å²) in [4.78, 5) is 37.6. The van der Waals surface area contributed by atoms with Crippen molar-refractivity contribution in [2.45, 2.75) is 38.0 Å². The summed E-state index contributed by atoms with van der Waals surface area (Å²) in [5, 5.41) is -0.543. The molecule has 0 spiro atoms. The molecule has 8 heteroatoms. The quantitative estimate of drug-likeness (QED) is 0.514. The molecule has 142 valence electrons. The molecule has 2 rings (SSSR count). The Morgan fingerprint density at radius 3 is 2.62 bits per heavy atom. The maximum atomic E-state index is 12.6. The Kier molecular flexibility index (Phi) is 7.47. The highest BCUT2D eigenvalue weighted by Gasteiger charge is 2.40. The first-order valence-electron chi connectivity index (χ1n) is 8.61. The summed E-state index contributed by atoms with van der Waals surface area (Å²) in [5.74, 6) is -0.143. The standard InChI is InChI=1S/C18H24N2O5S/c1-3-9-25-13-7-5-12(6-8-13)20-16(21)10-15(17(20)22)26-11-14(19)18(23)24-4-2/h5-8,14-15H,3-4,9-11,19H2,1-2H3/t14-,15-/m1/s1. The van der Waals surface area contributed by atoms with E-state index in [2.05, 4.69) is 0 Å². The first-order chi connectivity index (χ1) is 12.5. The number of anilines is 1. The van der Waals surface area contributed by atoms with E-state index in [1.807, 2.05) is 6.92 Å². The fourth-order valence-corrected chi connectivity index (χ4v) is 3.54. The Morgan fingerprint density at radius 2 is 2.00 bits per heavy atom. The fourth-order valence-electron chi connectivity index (χ4n) is 2.45. The van der Waals surface area contributed by atoms with E-state index < -0.39 is 17.3 Å². The highest BCUT2D eigenvalue weighted by molar-refractivity contribution is 8.00. The van der Waals surface area contributed by atoms with Crippen molar-refractivity contribution in [1.82, 2.24) is 0 Å². The van der Waals surface area contributed by atoms with Crippen LogP contribution in [0.1, 0.15) is 26.7 Å². The smallest absolute Gasteiger partial charge is 0.323 e. The predicted octanol–water partition coefficient (Wildman–Crippen LogP) is 1.73. The minimum Gasteiger partial charge on any atom is -0.494 e.